The van der Waals surface area contributed by atoms with Crippen LogP contribution < -0.4 is 10.4 Å². The second kappa shape index (κ2) is 7.21. The first kappa shape index (κ1) is 14.7. The number of hydroxylamine groups is 1. The number of para-hydroxylation sites is 2. The molecule has 1 N–H and O–H groups in total. The Labute approximate surface area is 123 Å². The van der Waals surface area contributed by atoms with Crippen molar-refractivity contribution in [2.75, 3.05) is 17.0 Å². The number of hydrogen-bond acceptors (Lipinski definition) is 3. The maximum Gasteiger partial charge on any atom is 0.340 e. The van der Waals surface area contributed by atoms with Crippen molar-refractivity contribution in [3.63, 3.8) is 0 Å². The minimum absolute atomic E-state index is 0.277. The van der Waals surface area contributed by atoms with Crippen LogP contribution in [0, 0.1) is 0 Å². The van der Waals surface area contributed by atoms with Crippen LogP contribution in [0.2, 0.25) is 0 Å². The molecule has 5 nitrogen and oxygen atoms in total. The predicted octanol–water partition coefficient (Wildman–Crippen LogP) is 2.61. The van der Waals surface area contributed by atoms with Crippen LogP contribution in [0.25, 0.3) is 0 Å². The number of nitrogens with zero attached hydrogens (tertiary/aromatic N) is 1. The molecule has 0 saturated heterocycles. The lowest BCUT2D eigenvalue weighted by Crippen LogP contribution is -2.39. The van der Waals surface area contributed by atoms with E-state index >= 15 is 0 Å². The van der Waals surface area contributed by atoms with E-state index in [-0.39, 0.29) is 6.61 Å². The fourth-order valence-electron chi connectivity index (χ4n) is 1.74. The molecule has 2 rings (SSSR count). The number of benzene rings is 2. The largest absolute Gasteiger partial charge is 0.340 e. The number of rotatable bonds is 4. The van der Waals surface area contributed by atoms with E-state index in [2.05, 4.69) is 5.32 Å². The van der Waals surface area contributed by atoms with Crippen LogP contribution >= 0.6 is 0 Å². The summed E-state index contributed by atoms with van der Waals surface area (Å²) in [4.78, 5) is 29.5. The molecule has 2 aromatic carbocycles. The van der Waals surface area contributed by atoms with Gasteiger partial charge in [0.15, 0.2) is 0 Å². The van der Waals surface area contributed by atoms with Crippen molar-refractivity contribution in [2.24, 2.45) is 0 Å². The zero-order valence-corrected chi connectivity index (χ0v) is 11.7. The summed E-state index contributed by atoms with van der Waals surface area (Å²) in [5.74, 6) is -1.52. The maximum atomic E-state index is 12.2. The Bertz CT molecular complexity index is 599. The minimum Gasteiger partial charge on any atom is -0.318 e. The van der Waals surface area contributed by atoms with Gasteiger partial charge in [-0.3, -0.25) is 14.4 Å². The Kier molecular flexibility index (Phi) is 5.06. The molecule has 0 fully saturated rings. The molecule has 2 amide bonds. The van der Waals surface area contributed by atoms with Crippen LogP contribution in [0.3, 0.4) is 0 Å². The number of carbonyl (C=O) groups excluding carboxylic acids is 2. The molecule has 0 aromatic heterocycles. The fraction of sp³-hybridized carbons (Fsp3) is 0.125. The molecular formula is C16H16N2O3. The highest BCUT2D eigenvalue weighted by molar-refractivity contribution is 6.43. The molecule has 21 heavy (non-hydrogen) atoms. The summed E-state index contributed by atoms with van der Waals surface area (Å²) in [6.07, 6.45) is 0. The molecule has 0 aliphatic rings. The molecule has 5 heteroatoms. The van der Waals surface area contributed by atoms with E-state index in [1.807, 2.05) is 12.1 Å². The summed E-state index contributed by atoms with van der Waals surface area (Å²) in [5.41, 5.74) is 1.06. The Morgan fingerprint density at radius 3 is 2.14 bits per heavy atom. The molecule has 0 unspecified atom stereocenters. The van der Waals surface area contributed by atoms with E-state index in [1.54, 1.807) is 55.5 Å². The van der Waals surface area contributed by atoms with E-state index in [1.165, 1.54) is 0 Å². The van der Waals surface area contributed by atoms with Gasteiger partial charge in [-0.05, 0) is 31.2 Å². The van der Waals surface area contributed by atoms with Gasteiger partial charge in [0, 0.05) is 5.69 Å². The quantitative estimate of drug-likeness (QED) is 0.693. The van der Waals surface area contributed by atoms with Crippen molar-refractivity contribution in [1.82, 2.24) is 0 Å². The van der Waals surface area contributed by atoms with Crippen molar-refractivity contribution in [3.05, 3.63) is 60.7 Å². The minimum atomic E-state index is -0.771. The standard InChI is InChI=1S/C16H16N2O3/c1-2-21-18(14-11-7-4-8-12-14)16(20)15(19)17-13-9-5-3-6-10-13/h3-12H,2H2,1H3,(H,17,19). The highest BCUT2D eigenvalue weighted by atomic mass is 16.7. The van der Waals surface area contributed by atoms with Crippen molar-refractivity contribution < 1.29 is 14.4 Å². The van der Waals surface area contributed by atoms with Gasteiger partial charge in [-0.15, -0.1) is 0 Å². The predicted molar refractivity (Wildman–Crippen MR) is 80.6 cm³/mol. The highest BCUT2D eigenvalue weighted by Crippen LogP contribution is 2.15. The van der Waals surface area contributed by atoms with Gasteiger partial charge in [0.05, 0.1) is 12.3 Å². The van der Waals surface area contributed by atoms with Gasteiger partial charge in [0.2, 0.25) is 0 Å². The van der Waals surface area contributed by atoms with Crippen LogP contribution in [-0.4, -0.2) is 18.4 Å². The molecule has 0 aliphatic carbocycles. The second-order valence-electron chi connectivity index (χ2n) is 4.17. The number of hydrogen-bond donors (Lipinski definition) is 1. The Balaban J connectivity index is 2.13. The summed E-state index contributed by atoms with van der Waals surface area (Å²) < 4.78 is 0. The molecule has 2 aromatic rings. The fourth-order valence-corrected chi connectivity index (χ4v) is 1.74. The Morgan fingerprint density at radius 2 is 1.57 bits per heavy atom. The van der Waals surface area contributed by atoms with Crippen LogP contribution in [0.15, 0.2) is 60.7 Å². The van der Waals surface area contributed by atoms with E-state index in [0.29, 0.717) is 11.4 Å². The second-order valence-corrected chi connectivity index (χ2v) is 4.17. The first-order valence-electron chi connectivity index (χ1n) is 6.61. The summed E-state index contributed by atoms with van der Waals surface area (Å²) in [6, 6.07) is 17.5. The van der Waals surface area contributed by atoms with Gasteiger partial charge in [-0.1, -0.05) is 36.4 Å². The van der Waals surface area contributed by atoms with Crippen molar-refractivity contribution in [1.29, 1.82) is 0 Å². The van der Waals surface area contributed by atoms with E-state index < -0.39 is 11.8 Å². The van der Waals surface area contributed by atoms with Gasteiger partial charge >= 0.3 is 11.8 Å². The zero-order chi connectivity index (χ0) is 15.1. The topological polar surface area (TPSA) is 58.6 Å². The molecule has 0 aliphatic heterocycles. The Morgan fingerprint density at radius 1 is 1.00 bits per heavy atom. The third-order valence-corrected chi connectivity index (χ3v) is 2.66. The smallest absolute Gasteiger partial charge is 0.318 e. The van der Waals surface area contributed by atoms with Crippen molar-refractivity contribution >= 4 is 23.2 Å². The van der Waals surface area contributed by atoms with Gasteiger partial charge in [0.1, 0.15) is 0 Å². The van der Waals surface area contributed by atoms with E-state index in [9.17, 15) is 9.59 Å². The van der Waals surface area contributed by atoms with Gasteiger partial charge in [-0.2, -0.15) is 5.06 Å². The molecule has 108 valence electrons. The average Bonchev–Trinajstić information content (AvgIpc) is 2.53. The number of anilines is 2. The molecule has 0 bridgehead atoms. The lowest BCUT2D eigenvalue weighted by Gasteiger charge is -2.20. The van der Waals surface area contributed by atoms with Crippen LogP contribution in [-0.2, 0) is 14.4 Å². The molecule has 0 atom stereocenters. The highest BCUT2D eigenvalue weighted by Gasteiger charge is 2.24. The zero-order valence-electron chi connectivity index (χ0n) is 11.7. The monoisotopic (exact) mass is 284 g/mol. The molecule has 0 heterocycles. The SMILES string of the molecule is CCON(C(=O)C(=O)Nc1ccccc1)c1ccccc1. The Hall–Kier alpha value is -2.66. The summed E-state index contributed by atoms with van der Waals surface area (Å²) in [5, 5.41) is 3.54. The van der Waals surface area contributed by atoms with Gasteiger partial charge in [-0.25, -0.2) is 0 Å². The number of carbonyl (C=O) groups is 2. The van der Waals surface area contributed by atoms with Crippen LogP contribution in [0.1, 0.15) is 6.92 Å². The third-order valence-electron chi connectivity index (χ3n) is 2.66. The first-order valence-corrected chi connectivity index (χ1v) is 6.61. The summed E-state index contributed by atoms with van der Waals surface area (Å²) >= 11 is 0. The number of nitrogens with one attached hydrogen (secondary N) is 1. The molecular weight excluding hydrogens is 268 g/mol. The summed E-state index contributed by atoms with van der Waals surface area (Å²) in [7, 11) is 0. The first-order chi connectivity index (χ1) is 10.2. The van der Waals surface area contributed by atoms with Crippen molar-refractivity contribution in [2.45, 2.75) is 6.92 Å². The van der Waals surface area contributed by atoms with Crippen molar-refractivity contribution in [3.8, 4) is 0 Å². The average molecular weight is 284 g/mol. The van der Waals surface area contributed by atoms with Gasteiger partial charge < -0.3 is 5.32 Å². The van der Waals surface area contributed by atoms with Crippen LogP contribution in [0.5, 0.6) is 0 Å². The lowest BCUT2D eigenvalue weighted by molar-refractivity contribution is -0.139. The third kappa shape index (κ3) is 3.90. The lowest BCUT2D eigenvalue weighted by atomic mass is 10.3. The number of amides is 2. The molecule has 0 spiro atoms. The molecule has 0 saturated carbocycles. The molecule has 0 radical (unpaired) electrons. The summed E-state index contributed by atoms with van der Waals surface area (Å²) in [6.45, 7) is 2.03. The van der Waals surface area contributed by atoms with Gasteiger partial charge in [0.25, 0.3) is 0 Å². The maximum absolute atomic E-state index is 12.2. The normalized spacial score (nSPS) is 9.95. The van der Waals surface area contributed by atoms with E-state index in [0.717, 1.165) is 5.06 Å². The van der Waals surface area contributed by atoms with Crippen LogP contribution in [0.4, 0.5) is 11.4 Å². The van der Waals surface area contributed by atoms with E-state index in [4.69, 9.17) is 4.84 Å².